The topological polar surface area (TPSA) is 78.9 Å². The van der Waals surface area contributed by atoms with Crippen LogP contribution in [0.3, 0.4) is 0 Å². The molecular weight excluding hydrogens is 585 g/mol. The molecule has 0 saturated carbocycles. The van der Waals surface area contributed by atoms with Crippen molar-refractivity contribution in [2.45, 2.75) is 168 Å². The van der Waals surface area contributed by atoms with Gasteiger partial charge in [-0.3, -0.25) is 14.1 Å². The molecule has 0 saturated heterocycles. The van der Waals surface area contributed by atoms with Crippen molar-refractivity contribution >= 4 is 19.8 Å². The monoisotopic (exact) mass is 657 g/mol. The van der Waals surface area contributed by atoms with Crippen LogP contribution in [0.25, 0.3) is 0 Å². The molecule has 0 amide bonds. The number of likely N-dealkylation sites (N-methyl/N-ethyl adjacent to an activating group) is 1. The third kappa shape index (κ3) is 32.3. The summed E-state index contributed by atoms with van der Waals surface area (Å²) >= 11 is 0. The molecule has 8 heteroatoms. The number of phosphoric ester groups is 1. The number of unbranched alkanes of at least 4 members (excludes halogenated alkanes) is 18. The van der Waals surface area contributed by atoms with Gasteiger partial charge >= 0.3 is 19.8 Å². The molecule has 0 aliphatic heterocycles. The molecule has 0 aromatic carbocycles. The van der Waals surface area contributed by atoms with Crippen LogP contribution in [0, 0.1) is 0 Å². The third-order valence-electron chi connectivity index (χ3n) is 7.72. The highest BCUT2D eigenvalue weighted by Crippen LogP contribution is 2.50. The van der Waals surface area contributed by atoms with E-state index in [0.717, 1.165) is 64.2 Å². The van der Waals surface area contributed by atoms with Gasteiger partial charge in [0.1, 0.15) is 13.2 Å². The number of hydrogen-bond acceptors (Lipinski definition) is 6. The molecule has 0 spiro atoms. The summed E-state index contributed by atoms with van der Waals surface area (Å²) in [6.07, 6.45) is 34.1. The maximum atomic E-state index is 13.3. The van der Waals surface area contributed by atoms with Crippen molar-refractivity contribution in [2.24, 2.45) is 0 Å². The second kappa shape index (κ2) is 29.9. The molecule has 0 aliphatic carbocycles. The lowest BCUT2D eigenvalue weighted by atomic mass is 10.1. The quantitative estimate of drug-likeness (QED) is 0.0310. The maximum absolute atomic E-state index is 13.3. The van der Waals surface area contributed by atoms with Crippen LogP contribution in [0.4, 0.5) is 0 Å². The molecule has 0 radical (unpaired) electrons. The van der Waals surface area contributed by atoms with Crippen LogP contribution in [0.2, 0.25) is 0 Å². The number of phosphoric acid groups is 1. The van der Waals surface area contributed by atoms with E-state index >= 15 is 0 Å². The Morgan fingerprint density at radius 3 is 1.22 bits per heavy atom. The van der Waals surface area contributed by atoms with Crippen LogP contribution < -0.4 is 0 Å². The molecule has 0 atom stereocenters. The Morgan fingerprint density at radius 1 is 0.533 bits per heavy atom. The minimum Gasteiger partial charge on any atom is -0.361 e. The lowest BCUT2D eigenvalue weighted by molar-refractivity contribution is -0.870. The minimum atomic E-state index is -4.31. The first-order chi connectivity index (χ1) is 21.6. The zero-order chi connectivity index (χ0) is 33.5. The van der Waals surface area contributed by atoms with Gasteiger partial charge in [0.05, 0.1) is 21.1 Å². The molecule has 45 heavy (non-hydrogen) atoms. The molecule has 0 rings (SSSR count). The Morgan fingerprint density at radius 2 is 0.867 bits per heavy atom. The molecule has 7 nitrogen and oxygen atoms in total. The zero-order valence-corrected chi connectivity index (χ0v) is 30.9. The Labute approximate surface area is 278 Å². The van der Waals surface area contributed by atoms with Gasteiger partial charge in [-0.1, -0.05) is 115 Å². The fraction of sp³-hybridized carbons (Fsp3) is 0.838. The van der Waals surface area contributed by atoms with Crippen LogP contribution in [-0.2, 0) is 27.7 Å². The largest absolute Gasteiger partial charge is 0.592 e. The van der Waals surface area contributed by atoms with E-state index in [0.29, 0.717) is 23.9 Å². The van der Waals surface area contributed by atoms with Gasteiger partial charge in [-0.15, -0.1) is 0 Å². The van der Waals surface area contributed by atoms with Crippen LogP contribution in [-0.4, -0.2) is 50.7 Å². The summed E-state index contributed by atoms with van der Waals surface area (Å²) in [5.41, 5.74) is 0. The third-order valence-corrected chi connectivity index (χ3v) is 9.08. The Kier molecular flexibility index (Phi) is 29.0. The average Bonchev–Trinajstić information content (AvgIpc) is 2.97. The number of carbonyl (C=O) groups excluding carboxylic acids is 2. The summed E-state index contributed by atoms with van der Waals surface area (Å²) in [5.74, 6) is -1.28. The predicted octanol–water partition coefficient (Wildman–Crippen LogP) is 11.4. The highest BCUT2D eigenvalue weighted by Gasteiger charge is 2.35. The van der Waals surface area contributed by atoms with Gasteiger partial charge in [0.15, 0.2) is 0 Å². The number of carbonyl (C=O) groups is 2. The van der Waals surface area contributed by atoms with Crippen LogP contribution >= 0.6 is 7.82 Å². The van der Waals surface area contributed by atoms with E-state index in [1.54, 1.807) is 0 Å². The molecule has 0 fully saturated rings. The number of nitrogens with zero attached hydrogens (tertiary/aromatic N) is 1. The predicted molar refractivity (Wildman–Crippen MR) is 189 cm³/mol. The van der Waals surface area contributed by atoms with Crippen molar-refractivity contribution in [1.82, 2.24) is 0 Å². The van der Waals surface area contributed by atoms with Gasteiger partial charge in [0.2, 0.25) is 0 Å². The second-order valence-electron chi connectivity index (χ2n) is 13.5. The molecule has 0 aromatic heterocycles. The van der Waals surface area contributed by atoms with Gasteiger partial charge in [-0.25, -0.2) is 4.57 Å². The lowest BCUT2D eigenvalue weighted by Crippen LogP contribution is -2.37. The Balaban J connectivity index is 4.27. The van der Waals surface area contributed by atoms with E-state index < -0.39 is 19.8 Å². The van der Waals surface area contributed by atoms with Crippen LogP contribution in [0.1, 0.15) is 168 Å². The summed E-state index contributed by atoms with van der Waals surface area (Å²) in [7, 11) is 1.61. The molecule has 0 bridgehead atoms. The van der Waals surface area contributed by atoms with E-state index in [1.807, 2.05) is 21.1 Å². The van der Waals surface area contributed by atoms with E-state index in [-0.39, 0.29) is 19.4 Å². The smallest absolute Gasteiger partial charge is 0.361 e. The van der Waals surface area contributed by atoms with E-state index in [1.165, 1.54) is 64.2 Å². The average molecular weight is 657 g/mol. The lowest BCUT2D eigenvalue weighted by Gasteiger charge is -2.24. The highest BCUT2D eigenvalue weighted by molar-refractivity contribution is 7.49. The first kappa shape index (κ1) is 43.6. The number of allylic oxidation sites excluding steroid dienone is 4. The van der Waals surface area contributed by atoms with Crippen molar-refractivity contribution in [3.05, 3.63) is 24.3 Å². The van der Waals surface area contributed by atoms with Gasteiger partial charge in [0.25, 0.3) is 0 Å². The van der Waals surface area contributed by atoms with Crippen molar-refractivity contribution < 1.29 is 32.2 Å². The second-order valence-corrected chi connectivity index (χ2v) is 15.0. The SMILES string of the molecule is CCCCCC/C=C\CCCCCCCC(=O)OP(=O)(OCC[N+](C)(C)C)OC(=O)CCCCCCC/C=C\CCCCCC. The molecule has 0 unspecified atom stereocenters. The van der Waals surface area contributed by atoms with Crippen molar-refractivity contribution in [3.8, 4) is 0 Å². The van der Waals surface area contributed by atoms with Gasteiger partial charge in [-0.05, 0) is 64.2 Å². The summed E-state index contributed by atoms with van der Waals surface area (Å²) < 4.78 is 29.6. The number of quaternary nitrogens is 1. The summed E-state index contributed by atoms with van der Waals surface area (Å²) in [5, 5.41) is 0. The minimum absolute atomic E-state index is 0.0573. The Hall–Kier alpha value is -1.43. The number of hydrogen-bond donors (Lipinski definition) is 0. The maximum Gasteiger partial charge on any atom is 0.592 e. The van der Waals surface area contributed by atoms with Crippen LogP contribution in [0.5, 0.6) is 0 Å². The molecule has 264 valence electrons. The first-order valence-corrected chi connectivity index (χ1v) is 19.9. The normalized spacial score (nSPS) is 12.4. The van der Waals surface area contributed by atoms with E-state index in [9.17, 15) is 14.2 Å². The van der Waals surface area contributed by atoms with Crippen LogP contribution in [0.15, 0.2) is 24.3 Å². The van der Waals surface area contributed by atoms with Gasteiger partial charge in [0, 0.05) is 12.8 Å². The highest BCUT2D eigenvalue weighted by atomic mass is 31.2. The van der Waals surface area contributed by atoms with Crippen molar-refractivity contribution in [2.75, 3.05) is 34.3 Å². The first-order valence-electron chi connectivity index (χ1n) is 18.4. The van der Waals surface area contributed by atoms with Gasteiger partial charge < -0.3 is 13.5 Å². The van der Waals surface area contributed by atoms with Gasteiger partial charge in [-0.2, -0.15) is 0 Å². The van der Waals surface area contributed by atoms with Crippen molar-refractivity contribution in [3.63, 3.8) is 0 Å². The molecule has 0 heterocycles. The molecular formula is C37H71NO6P+. The summed E-state index contributed by atoms with van der Waals surface area (Å²) in [6.45, 7) is 5.05. The van der Waals surface area contributed by atoms with E-state index in [2.05, 4.69) is 38.2 Å². The standard InChI is InChI=1S/C37H71NO6P/c1-6-8-10-12-14-16-18-20-22-24-26-28-30-32-36(39)43-45(41,42-35-34-38(3,4)5)44-37(40)33-31-29-27-25-23-21-19-17-15-13-11-9-7-2/h16-19H,6-15,20-35H2,1-5H3/q+1/b18-16-,19-17-. The summed E-state index contributed by atoms with van der Waals surface area (Å²) in [6, 6.07) is 0. The fourth-order valence-electron chi connectivity index (χ4n) is 4.81. The summed E-state index contributed by atoms with van der Waals surface area (Å²) in [4.78, 5) is 25.0. The molecule has 0 aromatic rings. The zero-order valence-electron chi connectivity index (χ0n) is 30.0. The molecule has 0 N–H and O–H groups in total. The van der Waals surface area contributed by atoms with Crippen molar-refractivity contribution in [1.29, 1.82) is 0 Å². The van der Waals surface area contributed by atoms with E-state index in [4.69, 9.17) is 13.6 Å². The fourth-order valence-corrected chi connectivity index (χ4v) is 5.94. The number of rotatable bonds is 32. The molecule has 0 aliphatic rings. The Bertz CT molecular complexity index is 766.